The third kappa shape index (κ3) is 5.14. The minimum Gasteiger partial charge on any atom is -0.465 e. The maximum Gasteiger partial charge on any atom is 0.407 e. The second-order valence-corrected chi connectivity index (χ2v) is 9.05. The number of hydrogen-bond acceptors (Lipinski definition) is 7. The predicted molar refractivity (Wildman–Crippen MR) is 130 cm³/mol. The Morgan fingerprint density at radius 2 is 1.83 bits per heavy atom. The summed E-state index contributed by atoms with van der Waals surface area (Å²) in [5.41, 5.74) is 1.73. The van der Waals surface area contributed by atoms with Crippen molar-refractivity contribution in [3.8, 4) is 0 Å². The van der Waals surface area contributed by atoms with E-state index in [0.29, 0.717) is 42.1 Å². The number of nitrogens with one attached hydrogen (secondary N) is 2. The van der Waals surface area contributed by atoms with Crippen molar-refractivity contribution in [2.75, 3.05) is 23.7 Å². The van der Waals surface area contributed by atoms with Gasteiger partial charge in [0.15, 0.2) is 5.82 Å². The molecule has 2 unspecified atom stereocenters. The van der Waals surface area contributed by atoms with Crippen LogP contribution in [0.4, 0.5) is 22.2 Å². The largest absolute Gasteiger partial charge is 0.465 e. The van der Waals surface area contributed by atoms with Crippen LogP contribution in [0, 0.1) is 0 Å². The number of rotatable bonds is 7. The van der Waals surface area contributed by atoms with E-state index in [9.17, 15) is 14.7 Å². The summed E-state index contributed by atoms with van der Waals surface area (Å²) in [6.07, 6.45) is 5.51. The molecule has 12 heteroatoms. The average Bonchev–Trinajstić information content (AvgIpc) is 3.31. The average molecular weight is 497 g/mol. The second kappa shape index (κ2) is 9.79. The van der Waals surface area contributed by atoms with E-state index in [1.807, 2.05) is 30.3 Å². The van der Waals surface area contributed by atoms with Crippen LogP contribution in [0.3, 0.4) is 0 Å². The Morgan fingerprint density at radius 1 is 1.09 bits per heavy atom. The van der Waals surface area contributed by atoms with Gasteiger partial charge in [0.1, 0.15) is 11.6 Å². The highest BCUT2D eigenvalue weighted by Gasteiger charge is 2.42. The summed E-state index contributed by atoms with van der Waals surface area (Å²) < 4.78 is 1.55. The van der Waals surface area contributed by atoms with E-state index in [1.165, 1.54) is 11.1 Å². The summed E-state index contributed by atoms with van der Waals surface area (Å²) >= 11 is 6.24. The molecule has 0 spiro atoms. The second-order valence-electron chi connectivity index (χ2n) is 8.65. The molecule has 3 aromatic rings. The zero-order valence-electron chi connectivity index (χ0n) is 18.8. The molecule has 0 aliphatic carbocycles. The summed E-state index contributed by atoms with van der Waals surface area (Å²) in [5.74, 6) is 0.776. The van der Waals surface area contributed by atoms with Crippen LogP contribution in [0.15, 0.2) is 48.9 Å². The molecular formula is C23H25ClN8O3. The number of carboxylic acid groups (broad SMARTS) is 1. The van der Waals surface area contributed by atoms with Gasteiger partial charge in [-0.25, -0.2) is 9.78 Å². The Labute approximate surface area is 206 Å². The van der Waals surface area contributed by atoms with Crippen LogP contribution in [0.2, 0.25) is 5.02 Å². The van der Waals surface area contributed by atoms with Crippen molar-refractivity contribution in [2.24, 2.45) is 0 Å². The number of piperidine rings is 2. The number of carbonyl (C=O) groups is 2. The standard InChI is InChI=1S/C23H25ClN8O3/c24-19-10-26-22(29-21(19)25-8-15-4-2-1-3-5-15)28-16-9-27-30(11-16)14-20(33)31-12-18-7-6-17(31)13-32(18)23(34)35/h1-5,9-11,17-18H,6-8,12-14H2,(H,34,35)(H2,25,26,28,29). The fourth-order valence-electron chi connectivity index (χ4n) is 4.57. The van der Waals surface area contributed by atoms with Crippen molar-refractivity contribution >= 4 is 41.1 Å². The van der Waals surface area contributed by atoms with Gasteiger partial charge in [-0.3, -0.25) is 9.48 Å². The van der Waals surface area contributed by atoms with E-state index in [1.54, 1.807) is 22.0 Å². The first-order valence-electron chi connectivity index (χ1n) is 11.3. The van der Waals surface area contributed by atoms with E-state index in [4.69, 9.17) is 11.6 Å². The predicted octanol–water partition coefficient (Wildman–Crippen LogP) is 3.04. The molecule has 3 aliphatic rings. The number of aromatic nitrogens is 4. The van der Waals surface area contributed by atoms with Gasteiger partial charge in [0.2, 0.25) is 11.9 Å². The van der Waals surface area contributed by atoms with Gasteiger partial charge < -0.3 is 25.5 Å². The van der Waals surface area contributed by atoms with Crippen molar-refractivity contribution in [1.29, 1.82) is 0 Å². The molecule has 2 atom stereocenters. The third-order valence-electron chi connectivity index (χ3n) is 6.33. The lowest BCUT2D eigenvalue weighted by Gasteiger charge is -2.50. The molecule has 3 N–H and O–H groups in total. The molecule has 3 fully saturated rings. The van der Waals surface area contributed by atoms with Gasteiger partial charge in [-0.15, -0.1) is 0 Å². The molecule has 3 saturated heterocycles. The molecular weight excluding hydrogens is 472 g/mol. The summed E-state index contributed by atoms with van der Waals surface area (Å²) in [6, 6.07) is 9.69. The lowest BCUT2D eigenvalue weighted by molar-refractivity contribution is -0.141. The van der Waals surface area contributed by atoms with E-state index < -0.39 is 6.09 Å². The number of halogens is 1. The van der Waals surface area contributed by atoms with E-state index in [0.717, 1.165) is 18.4 Å². The topological polar surface area (TPSA) is 129 Å². The lowest BCUT2D eigenvalue weighted by atomic mass is 9.91. The molecule has 35 heavy (non-hydrogen) atoms. The number of piperazine rings is 1. The summed E-state index contributed by atoms with van der Waals surface area (Å²) in [7, 11) is 0. The molecule has 6 rings (SSSR count). The van der Waals surface area contributed by atoms with Crippen LogP contribution in [0.25, 0.3) is 0 Å². The highest BCUT2D eigenvalue weighted by molar-refractivity contribution is 6.32. The van der Waals surface area contributed by atoms with Crippen LogP contribution in [-0.4, -0.2) is 71.8 Å². The maximum atomic E-state index is 12.9. The molecule has 0 radical (unpaired) electrons. The molecule has 0 saturated carbocycles. The zero-order valence-corrected chi connectivity index (χ0v) is 19.6. The monoisotopic (exact) mass is 496 g/mol. The Hall–Kier alpha value is -3.86. The fraction of sp³-hybridized carbons (Fsp3) is 0.348. The van der Waals surface area contributed by atoms with Crippen LogP contribution in [-0.2, 0) is 17.9 Å². The molecule has 2 amide bonds. The number of carbonyl (C=O) groups excluding carboxylic acids is 1. The van der Waals surface area contributed by atoms with E-state index >= 15 is 0 Å². The van der Waals surface area contributed by atoms with Crippen LogP contribution in [0.5, 0.6) is 0 Å². The van der Waals surface area contributed by atoms with Gasteiger partial charge in [-0.2, -0.15) is 10.1 Å². The van der Waals surface area contributed by atoms with Crippen LogP contribution < -0.4 is 10.6 Å². The SMILES string of the molecule is O=C(O)N1CC2CCC1CN2C(=O)Cn1cc(Nc2ncc(Cl)c(NCc3ccccc3)n2)cn1. The minimum atomic E-state index is -0.919. The van der Waals surface area contributed by atoms with Gasteiger partial charge in [0, 0.05) is 31.9 Å². The van der Waals surface area contributed by atoms with Crippen molar-refractivity contribution in [1.82, 2.24) is 29.5 Å². The van der Waals surface area contributed by atoms with Gasteiger partial charge in [-0.1, -0.05) is 41.9 Å². The Bertz CT molecular complexity index is 1220. The quantitative estimate of drug-likeness (QED) is 0.455. The maximum absolute atomic E-state index is 12.9. The van der Waals surface area contributed by atoms with Gasteiger partial charge in [-0.05, 0) is 18.4 Å². The van der Waals surface area contributed by atoms with Crippen LogP contribution in [0.1, 0.15) is 18.4 Å². The van der Waals surface area contributed by atoms with E-state index in [2.05, 4.69) is 25.7 Å². The highest BCUT2D eigenvalue weighted by Crippen LogP contribution is 2.29. The summed E-state index contributed by atoms with van der Waals surface area (Å²) in [4.78, 5) is 36.2. The number of nitrogens with zero attached hydrogens (tertiary/aromatic N) is 6. The van der Waals surface area contributed by atoms with Crippen molar-refractivity contribution < 1.29 is 14.7 Å². The highest BCUT2D eigenvalue weighted by atomic mass is 35.5. The molecule has 2 bridgehead atoms. The van der Waals surface area contributed by atoms with E-state index in [-0.39, 0.29) is 24.5 Å². The first-order chi connectivity index (χ1) is 17.0. The Kier molecular flexibility index (Phi) is 6.41. The molecule has 1 aromatic carbocycles. The smallest absolute Gasteiger partial charge is 0.407 e. The summed E-state index contributed by atoms with van der Waals surface area (Å²) in [6.45, 7) is 1.44. The number of anilines is 3. The molecule has 182 valence electrons. The summed E-state index contributed by atoms with van der Waals surface area (Å²) in [5, 5.41) is 20.3. The number of fused-ring (bicyclic) bond motifs is 3. The lowest BCUT2D eigenvalue weighted by Crippen LogP contribution is -2.65. The van der Waals surface area contributed by atoms with Crippen molar-refractivity contribution in [3.63, 3.8) is 0 Å². The fourth-order valence-corrected chi connectivity index (χ4v) is 4.73. The van der Waals surface area contributed by atoms with Gasteiger partial charge >= 0.3 is 6.09 Å². The van der Waals surface area contributed by atoms with Gasteiger partial charge in [0.25, 0.3) is 0 Å². The number of benzene rings is 1. The van der Waals surface area contributed by atoms with Crippen molar-refractivity contribution in [3.05, 3.63) is 59.5 Å². The molecule has 5 heterocycles. The third-order valence-corrected chi connectivity index (χ3v) is 6.61. The molecule has 3 aliphatic heterocycles. The minimum absolute atomic E-state index is 0.0727. The molecule has 11 nitrogen and oxygen atoms in total. The normalized spacial score (nSPS) is 19.0. The first-order valence-corrected chi connectivity index (χ1v) is 11.7. The van der Waals surface area contributed by atoms with Gasteiger partial charge in [0.05, 0.1) is 24.1 Å². The Balaban J connectivity index is 1.19. The first kappa shape index (κ1) is 22.9. The number of amides is 2. The van der Waals surface area contributed by atoms with Crippen molar-refractivity contribution in [2.45, 2.75) is 38.0 Å². The Morgan fingerprint density at radius 3 is 2.54 bits per heavy atom. The van der Waals surface area contributed by atoms with Crippen LogP contribution >= 0.6 is 11.6 Å². The zero-order chi connectivity index (χ0) is 24.4. The molecule has 2 aromatic heterocycles. The number of hydrogen-bond donors (Lipinski definition) is 3.